The summed E-state index contributed by atoms with van der Waals surface area (Å²) < 4.78 is 33.8. The fourth-order valence-electron chi connectivity index (χ4n) is 6.48. The number of aromatic nitrogens is 3. The van der Waals surface area contributed by atoms with Crippen molar-refractivity contribution in [2.75, 3.05) is 42.9 Å². The molecule has 0 radical (unpaired) electrons. The van der Waals surface area contributed by atoms with Crippen LogP contribution < -0.4 is 21.0 Å². The Balaban J connectivity index is 0.955. The summed E-state index contributed by atoms with van der Waals surface area (Å²) in [5.41, 5.74) is 2.08. The number of alkyl carbamates (subject to hydrolysis) is 1. The van der Waals surface area contributed by atoms with Crippen LogP contribution in [-0.2, 0) is 29.2 Å². The summed E-state index contributed by atoms with van der Waals surface area (Å²) in [4.78, 5) is 53.1. The predicted molar refractivity (Wildman–Crippen MR) is 210 cm³/mol. The van der Waals surface area contributed by atoms with E-state index in [0.29, 0.717) is 56.6 Å². The Hall–Kier alpha value is -6.45. The minimum absolute atomic E-state index is 0.00214. The van der Waals surface area contributed by atoms with E-state index in [9.17, 15) is 24.3 Å². The van der Waals surface area contributed by atoms with Gasteiger partial charge in [0, 0.05) is 56.5 Å². The SMILES string of the molecule is CCn1cc(C(=O)O)c(=O)c2cc(F)c(N3CCN(C(=O)OCc4ccc(NCC(C)c5nnc([C@H](NC(=O)OCc6ccccc6)C(C)C)o5)cc4)CC3)cc21. The molecular weight excluding hydrogens is 737 g/mol. The number of pyridine rings is 1. The number of carbonyl (C=O) groups excluding carboxylic acids is 2. The number of halogens is 1. The van der Waals surface area contributed by atoms with E-state index in [1.807, 2.05) is 82.3 Å². The molecule has 1 unspecified atom stereocenters. The molecule has 2 amide bonds. The van der Waals surface area contributed by atoms with E-state index in [0.717, 1.165) is 22.9 Å². The molecule has 57 heavy (non-hydrogen) atoms. The first kappa shape index (κ1) is 40.2. The summed E-state index contributed by atoms with van der Waals surface area (Å²) >= 11 is 0. The Morgan fingerprint density at radius 2 is 1.58 bits per heavy atom. The standard InChI is InChI=1S/C41H46FN7O8/c1-5-47-22-31(39(51)52)36(50)30-19-32(42)34(20-33(30)47)48-15-17-49(18-16-48)41(54)56-24-28-11-13-29(14-12-28)43-21-26(4)37-45-46-38(57-37)35(25(2)3)44-40(53)55-23-27-9-7-6-8-10-27/h6-14,19-20,22,25-26,35,43H,5,15-18,21,23-24H2,1-4H3,(H,44,53)(H,51,52)/t26?,35-/m1/s1. The van der Waals surface area contributed by atoms with Gasteiger partial charge >= 0.3 is 18.2 Å². The van der Waals surface area contributed by atoms with Gasteiger partial charge in [-0.2, -0.15) is 0 Å². The lowest BCUT2D eigenvalue weighted by Crippen LogP contribution is -2.49. The second-order valence-corrected chi connectivity index (χ2v) is 14.2. The maximum Gasteiger partial charge on any atom is 0.410 e. The number of aryl methyl sites for hydroxylation is 1. The van der Waals surface area contributed by atoms with E-state index in [4.69, 9.17) is 13.9 Å². The van der Waals surface area contributed by atoms with Crippen LogP contribution in [0.5, 0.6) is 0 Å². The van der Waals surface area contributed by atoms with Crippen LogP contribution in [-0.4, -0.2) is 75.7 Å². The zero-order valence-corrected chi connectivity index (χ0v) is 32.2. The third-order valence-corrected chi connectivity index (χ3v) is 9.82. The van der Waals surface area contributed by atoms with E-state index >= 15 is 4.39 Å². The van der Waals surface area contributed by atoms with Crippen molar-refractivity contribution in [3.05, 3.63) is 117 Å². The highest BCUT2D eigenvalue weighted by atomic mass is 19.1. The molecule has 2 atom stereocenters. The first-order valence-corrected chi connectivity index (χ1v) is 18.8. The number of anilines is 2. The molecule has 3 N–H and O–H groups in total. The number of carbonyl (C=O) groups is 3. The highest BCUT2D eigenvalue weighted by Gasteiger charge is 2.27. The molecule has 0 aliphatic carbocycles. The number of aromatic carboxylic acids is 1. The van der Waals surface area contributed by atoms with Gasteiger partial charge in [-0.15, -0.1) is 10.2 Å². The number of nitrogens with zero attached hydrogens (tertiary/aromatic N) is 5. The summed E-state index contributed by atoms with van der Waals surface area (Å²) in [5.74, 6) is -1.46. The number of rotatable bonds is 14. The Labute approximate surface area is 328 Å². The van der Waals surface area contributed by atoms with Crippen molar-refractivity contribution in [2.24, 2.45) is 5.92 Å². The van der Waals surface area contributed by atoms with Gasteiger partial charge < -0.3 is 44.0 Å². The second-order valence-electron chi connectivity index (χ2n) is 14.2. The van der Waals surface area contributed by atoms with Crippen molar-refractivity contribution in [3.63, 3.8) is 0 Å². The van der Waals surface area contributed by atoms with Crippen LogP contribution in [0.25, 0.3) is 10.9 Å². The number of fused-ring (bicyclic) bond motifs is 1. The van der Waals surface area contributed by atoms with Crippen LogP contribution in [0.3, 0.4) is 0 Å². The lowest BCUT2D eigenvalue weighted by atomic mass is 10.1. The van der Waals surface area contributed by atoms with Crippen LogP contribution in [0.1, 0.15) is 72.9 Å². The third-order valence-electron chi connectivity index (χ3n) is 9.82. The molecule has 6 rings (SSSR count). The lowest BCUT2D eigenvalue weighted by molar-refractivity contribution is 0.0694. The number of carboxylic acid groups (broad SMARTS) is 1. The fourth-order valence-corrected chi connectivity index (χ4v) is 6.48. The summed E-state index contributed by atoms with van der Waals surface area (Å²) in [6.07, 6.45) is 0.218. The van der Waals surface area contributed by atoms with Gasteiger partial charge in [0.2, 0.25) is 17.2 Å². The summed E-state index contributed by atoms with van der Waals surface area (Å²) in [5, 5.41) is 24.0. The van der Waals surface area contributed by atoms with E-state index in [1.54, 1.807) is 20.4 Å². The van der Waals surface area contributed by atoms with E-state index in [-0.39, 0.29) is 36.1 Å². The first-order valence-electron chi connectivity index (χ1n) is 18.8. The first-order chi connectivity index (χ1) is 27.4. The van der Waals surface area contributed by atoms with Crippen LogP contribution in [0, 0.1) is 11.7 Å². The maximum atomic E-state index is 15.3. The van der Waals surface area contributed by atoms with Gasteiger partial charge in [0.25, 0.3) is 0 Å². The molecule has 16 heteroatoms. The molecule has 3 aromatic carbocycles. The van der Waals surface area contributed by atoms with Crippen LogP contribution in [0.15, 0.2) is 82.1 Å². The predicted octanol–water partition coefficient (Wildman–Crippen LogP) is 6.54. The van der Waals surface area contributed by atoms with Crippen molar-refractivity contribution >= 4 is 40.4 Å². The van der Waals surface area contributed by atoms with Crippen LogP contribution in [0.2, 0.25) is 0 Å². The van der Waals surface area contributed by atoms with E-state index in [2.05, 4.69) is 20.8 Å². The summed E-state index contributed by atoms with van der Waals surface area (Å²) in [6, 6.07) is 19.0. The summed E-state index contributed by atoms with van der Waals surface area (Å²) in [7, 11) is 0. The lowest BCUT2D eigenvalue weighted by Gasteiger charge is -2.35. The molecule has 5 aromatic rings. The zero-order chi connectivity index (χ0) is 40.6. The molecule has 1 aliphatic heterocycles. The van der Waals surface area contributed by atoms with Gasteiger partial charge in [-0.3, -0.25) is 4.79 Å². The molecule has 300 valence electrons. The smallest absolute Gasteiger partial charge is 0.410 e. The van der Waals surface area contributed by atoms with Gasteiger partial charge in [0.05, 0.1) is 17.1 Å². The molecule has 0 bridgehead atoms. The molecule has 0 saturated carbocycles. The number of piperazine rings is 1. The number of nitrogens with one attached hydrogen (secondary N) is 2. The number of hydrogen-bond donors (Lipinski definition) is 3. The van der Waals surface area contributed by atoms with Crippen molar-refractivity contribution in [1.29, 1.82) is 0 Å². The topological polar surface area (TPSA) is 181 Å². The van der Waals surface area contributed by atoms with Crippen LogP contribution >= 0.6 is 0 Å². The highest BCUT2D eigenvalue weighted by molar-refractivity contribution is 5.93. The van der Waals surface area contributed by atoms with Gasteiger partial charge in [0.1, 0.15) is 30.6 Å². The Kier molecular flexibility index (Phi) is 12.7. The normalized spacial score (nSPS) is 14.0. The quantitative estimate of drug-likeness (QED) is 0.111. The average Bonchev–Trinajstić information content (AvgIpc) is 3.71. The van der Waals surface area contributed by atoms with E-state index in [1.165, 1.54) is 6.20 Å². The molecule has 1 saturated heterocycles. The minimum atomic E-state index is -1.36. The van der Waals surface area contributed by atoms with Crippen molar-refractivity contribution in [1.82, 2.24) is 25.0 Å². The summed E-state index contributed by atoms with van der Waals surface area (Å²) in [6.45, 7) is 10.0. The Morgan fingerprint density at radius 3 is 2.25 bits per heavy atom. The average molecular weight is 784 g/mol. The monoisotopic (exact) mass is 783 g/mol. The zero-order valence-electron chi connectivity index (χ0n) is 32.2. The van der Waals surface area contributed by atoms with Gasteiger partial charge in [-0.1, -0.05) is 63.2 Å². The Morgan fingerprint density at radius 1 is 0.912 bits per heavy atom. The molecule has 0 spiro atoms. The molecular formula is C41H46FN7O8. The molecule has 1 fully saturated rings. The van der Waals surface area contributed by atoms with Gasteiger partial charge in [-0.25, -0.2) is 18.8 Å². The van der Waals surface area contributed by atoms with Gasteiger partial charge in [0.15, 0.2) is 0 Å². The third kappa shape index (κ3) is 9.69. The maximum absolute atomic E-state index is 15.3. The van der Waals surface area contributed by atoms with Crippen molar-refractivity contribution in [3.8, 4) is 0 Å². The van der Waals surface area contributed by atoms with Crippen molar-refractivity contribution in [2.45, 2.75) is 59.4 Å². The molecule has 15 nitrogen and oxygen atoms in total. The largest absolute Gasteiger partial charge is 0.477 e. The highest BCUT2D eigenvalue weighted by Crippen LogP contribution is 2.27. The van der Waals surface area contributed by atoms with E-state index < -0.39 is 41.0 Å². The number of benzene rings is 3. The van der Waals surface area contributed by atoms with Crippen LogP contribution in [0.4, 0.5) is 25.4 Å². The number of ether oxygens (including phenoxy) is 2. The van der Waals surface area contributed by atoms with Crippen molar-refractivity contribution < 1.29 is 37.8 Å². The molecule has 3 heterocycles. The Bertz CT molecular complexity index is 2250. The fraction of sp³-hybridized carbons (Fsp3) is 0.366. The second kappa shape index (κ2) is 18.0. The minimum Gasteiger partial charge on any atom is -0.477 e. The number of amides is 2. The van der Waals surface area contributed by atoms with Gasteiger partial charge in [-0.05, 0) is 48.2 Å². The molecule has 2 aromatic heterocycles. The molecule has 1 aliphatic rings. The number of carboxylic acids is 1. The number of hydrogen-bond acceptors (Lipinski definition) is 11.